The minimum atomic E-state index is 0. The summed E-state index contributed by atoms with van der Waals surface area (Å²) in [7, 11) is 0. The summed E-state index contributed by atoms with van der Waals surface area (Å²) in [5.41, 5.74) is 0. The van der Waals surface area contributed by atoms with Gasteiger partial charge in [0.05, 0.1) is 0 Å². The van der Waals surface area contributed by atoms with E-state index in [0.717, 1.165) is 0 Å². The van der Waals surface area contributed by atoms with E-state index in [2.05, 4.69) is 0 Å². The van der Waals surface area contributed by atoms with Gasteiger partial charge in [0.1, 0.15) is 0 Å². The van der Waals surface area contributed by atoms with Crippen molar-refractivity contribution in [2.24, 2.45) is 0 Å². The van der Waals surface area contributed by atoms with Crippen LogP contribution in [-0.2, 0) is 0 Å². The molecule has 0 amide bonds. The maximum atomic E-state index is 0. The predicted molar refractivity (Wildman–Crippen MR) is 25.6 cm³/mol. The van der Waals surface area contributed by atoms with Gasteiger partial charge in [-0.15, -0.1) is 0 Å². The molecule has 0 aromatic carbocycles. The summed E-state index contributed by atoms with van der Waals surface area (Å²) in [6.07, 6.45) is 0. The molecule has 4 heteroatoms. The first-order chi connectivity index (χ1) is 0. The number of hydrogen-bond donors (Lipinski definition) is 0. The van der Waals surface area contributed by atoms with Crippen LogP contribution >= 0.6 is 0 Å². The van der Waals surface area contributed by atoms with Crippen molar-refractivity contribution in [2.75, 3.05) is 0 Å². The minimum absolute atomic E-state index is 0. The Morgan fingerprint density at radius 3 is 0.500 bits per heavy atom. The van der Waals surface area contributed by atoms with Gasteiger partial charge in [-0.1, -0.05) is 0 Å². The molecule has 0 saturated carbocycles. The fraction of sp³-hybridized carbons (Fsp3) is 0. The summed E-state index contributed by atoms with van der Waals surface area (Å²) < 4.78 is 0. The van der Waals surface area contributed by atoms with Gasteiger partial charge in [0, 0.05) is 40.8 Å². The van der Waals surface area contributed by atoms with Gasteiger partial charge in [-0.05, 0) is 0 Å². The fourth-order valence-electron chi connectivity index (χ4n) is 0. The van der Waals surface area contributed by atoms with Crippen molar-refractivity contribution in [3.8, 4) is 0 Å². The zero-order valence-electron chi connectivity index (χ0n) is 2.62. The zero-order valence-corrected chi connectivity index (χ0v) is 17.9. The van der Waals surface area contributed by atoms with Crippen LogP contribution in [-0.4, -0.2) is 71.7 Å². The Kier molecular flexibility index (Phi) is 99.7. The first-order valence-corrected chi connectivity index (χ1v) is 0. The van der Waals surface area contributed by atoms with E-state index in [9.17, 15) is 0 Å². The Labute approximate surface area is 110 Å². The summed E-state index contributed by atoms with van der Waals surface area (Å²) >= 11 is 0. The van der Waals surface area contributed by atoms with Crippen LogP contribution in [0.25, 0.3) is 0 Å². The molecule has 4 heavy (non-hydrogen) atoms. The molecule has 0 aliphatic rings. The van der Waals surface area contributed by atoms with E-state index >= 15 is 0 Å². The van der Waals surface area contributed by atoms with Gasteiger partial charge in [-0.3, -0.25) is 0 Å². The first kappa shape index (κ1) is 25.1. The molecule has 0 fully saturated rings. The van der Waals surface area contributed by atoms with Crippen LogP contribution in [0.15, 0.2) is 0 Å². The van der Waals surface area contributed by atoms with Crippen LogP contribution in [0.1, 0.15) is 0 Å². The van der Waals surface area contributed by atoms with Crippen LogP contribution in [0, 0.1) is 40.8 Å². The van der Waals surface area contributed by atoms with Crippen LogP contribution in [0.4, 0.5) is 0 Å². The summed E-state index contributed by atoms with van der Waals surface area (Å²) in [5, 5.41) is 0. The third-order valence-corrected chi connectivity index (χ3v) is 0. The van der Waals surface area contributed by atoms with Crippen molar-refractivity contribution in [2.45, 2.75) is 0 Å². The van der Waals surface area contributed by atoms with E-state index in [1.165, 1.54) is 0 Å². The maximum absolute atomic E-state index is 0. The molecule has 0 nitrogen and oxygen atoms in total. The van der Waals surface area contributed by atoms with Crippen LogP contribution in [0.2, 0.25) is 0 Å². The van der Waals surface area contributed by atoms with Crippen molar-refractivity contribution in [1.29, 1.82) is 0 Å². The molecule has 0 rings (SSSR count). The van der Waals surface area contributed by atoms with Gasteiger partial charge >= 0.3 is 71.7 Å². The van der Waals surface area contributed by atoms with Gasteiger partial charge in [0.15, 0.2) is 0 Å². The van der Waals surface area contributed by atoms with E-state index < -0.39 is 0 Å². The Bertz CT molecular complexity index is 3.25. The Balaban J connectivity index is 0. The van der Waals surface area contributed by atoms with Crippen molar-refractivity contribution in [3.05, 3.63) is 0 Å². The molecule has 22 valence electrons. The molecule has 0 unspecified atom stereocenters. The molecule has 0 heterocycles. The normalized spacial score (nSPS) is 0. The molecule has 0 aliphatic heterocycles. The van der Waals surface area contributed by atoms with E-state index in [1.807, 2.05) is 0 Å². The topological polar surface area (TPSA) is 0 Å². The molecule has 0 aliphatic carbocycles. The monoisotopic (exact) mass is 508 g/mol. The second-order valence-electron chi connectivity index (χ2n) is 0. The van der Waals surface area contributed by atoms with Crippen molar-refractivity contribution in [1.82, 2.24) is 0 Å². The van der Waals surface area contributed by atoms with E-state index in [4.69, 9.17) is 0 Å². The second kappa shape index (κ2) is 15.9. The van der Waals surface area contributed by atoms with Crippen LogP contribution in [0.3, 0.4) is 0 Å². The first-order valence-electron chi connectivity index (χ1n) is 0. The molecule has 6 radical (unpaired) electrons. The summed E-state index contributed by atoms with van der Waals surface area (Å²) in [6, 6.07) is 0. The summed E-state index contributed by atoms with van der Waals surface area (Å²) in [5.74, 6) is 0. The molecule has 0 aromatic heterocycles. The fourth-order valence-corrected chi connectivity index (χ4v) is 0. The quantitative estimate of drug-likeness (QED) is 0.313. The Hall–Kier alpha value is 3.75. The van der Waals surface area contributed by atoms with Crippen LogP contribution in [0.5, 0.6) is 0 Å². The second-order valence-corrected chi connectivity index (χ2v) is 0. The molecular weight excluding hydrogens is 500 g/mol. The summed E-state index contributed by atoms with van der Waals surface area (Å²) in [4.78, 5) is 0. The van der Waals surface area contributed by atoms with Gasteiger partial charge in [0.25, 0.3) is 0 Å². The average molecular weight is 506 g/mol. The third-order valence-electron chi connectivity index (χ3n) is 0. The van der Waals surface area contributed by atoms with Gasteiger partial charge in [0.2, 0.25) is 0 Å². The third kappa shape index (κ3) is 9.22. The van der Waals surface area contributed by atoms with E-state index in [1.54, 1.807) is 0 Å². The average Bonchev–Trinajstić information content (AvgIpc) is 0. The van der Waals surface area contributed by atoms with Gasteiger partial charge in [-0.2, -0.15) is 0 Å². The molecule has 0 N–H and O–H groups in total. The molecule has 0 aromatic rings. The van der Waals surface area contributed by atoms with Gasteiger partial charge in [-0.25, -0.2) is 0 Å². The summed E-state index contributed by atoms with van der Waals surface area (Å²) in [6.45, 7) is 0. The van der Waals surface area contributed by atoms with E-state index in [-0.39, 0.29) is 113 Å². The SMILES string of the molecule is [Nd].[SnH2].[SnH2].[SnH2]. The number of hydrogen-bond acceptors (Lipinski definition) is 0. The van der Waals surface area contributed by atoms with Crippen molar-refractivity contribution < 1.29 is 40.8 Å². The zero-order chi connectivity index (χ0) is 0. The number of rotatable bonds is 0. The molecule has 0 saturated heterocycles. The Morgan fingerprint density at radius 1 is 0.500 bits per heavy atom. The standard InChI is InChI=1S/Nd.3Sn.6H. The molecular formula is H6NdSn3. The predicted octanol–water partition coefficient (Wildman–Crippen LogP) is -2.75. The Morgan fingerprint density at radius 2 is 0.500 bits per heavy atom. The van der Waals surface area contributed by atoms with Crippen molar-refractivity contribution >= 4 is 71.7 Å². The van der Waals surface area contributed by atoms with Crippen LogP contribution < -0.4 is 0 Å². The van der Waals surface area contributed by atoms with Gasteiger partial charge < -0.3 is 0 Å². The van der Waals surface area contributed by atoms with Crippen molar-refractivity contribution in [3.63, 3.8) is 0 Å². The molecule has 0 spiro atoms. The molecule has 0 bridgehead atoms. The molecule has 0 atom stereocenters. The van der Waals surface area contributed by atoms with E-state index in [0.29, 0.717) is 0 Å².